The van der Waals surface area contributed by atoms with Gasteiger partial charge in [-0.25, -0.2) is 13.5 Å². The molecule has 0 aliphatic heterocycles. The summed E-state index contributed by atoms with van der Waals surface area (Å²) in [6.45, 7) is 2.12. The van der Waals surface area contributed by atoms with Gasteiger partial charge in [-0.3, -0.25) is 0 Å². The average Bonchev–Trinajstić information content (AvgIpc) is 3.29. The first kappa shape index (κ1) is 29.8. The smallest absolute Gasteiger partial charge is 0.243 e. The first-order valence-electron chi connectivity index (χ1n) is 11.3. The van der Waals surface area contributed by atoms with E-state index >= 15 is 0 Å². The number of rotatable bonds is 11. The molecule has 0 aliphatic carbocycles. The molecular formula is C27H24BrCl4FN2O2. The van der Waals surface area contributed by atoms with Crippen LogP contribution in [0.3, 0.4) is 0 Å². The lowest BCUT2D eigenvalue weighted by Gasteiger charge is -2.19. The number of nitrogens with zero attached hydrogens (tertiary/aromatic N) is 2. The Hall–Kier alpha value is -1.80. The fraction of sp³-hybridized carbons (Fsp3) is 0.222. The number of hydrogen-bond acceptors (Lipinski definition) is 2. The molecule has 3 aromatic carbocycles. The Morgan fingerprint density at radius 3 is 2.30 bits per heavy atom. The molecule has 0 fully saturated rings. The highest BCUT2D eigenvalue weighted by molar-refractivity contribution is 6.35. The summed E-state index contributed by atoms with van der Waals surface area (Å²) in [5.74, 6) is 0.372. The van der Waals surface area contributed by atoms with E-state index < -0.39 is 0 Å². The van der Waals surface area contributed by atoms with Gasteiger partial charge in [-0.2, -0.15) is 0 Å². The predicted octanol–water partition coefficient (Wildman–Crippen LogP) is 4.96. The zero-order valence-electron chi connectivity index (χ0n) is 19.6. The molecular weight excluding hydrogens is 625 g/mol. The van der Waals surface area contributed by atoms with Crippen LogP contribution in [-0.4, -0.2) is 11.2 Å². The molecule has 4 nitrogen and oxygen atoms in total. The molecule has 1 unspecified atom stereocenters. The Labute approximate surface area is 246 Å². The van der Waals surface area contributed by atoms with E-state index in [-0.39, 0.29) is 28.9 Å². The van der Waals surface area contributed by atoms with Crippen LogP contribution in [0.1, 0.15) is 23.7 Å². The van der Waals surface area contributed by atoms with Gasteiger partial charge >= 0.3 is 0 Å². The van der Waals surface area contributed by atoms with Crippen molar-refractivity contribution < 1.29 is 35.4 Å². The van der Waals surface area contributed by atoms with Crippen molar-refractivity contribution in [2.24, 2.45) is 0 Å². The molecule has 0 bridgehead atoms. The monoisotopic (exact) mass is 646 g/mol. The van der Waals surface area contributed by atoms with Crippen LogP contribution in [0.2, 0.25) is 20.1 Å². The van der Waals surface area contributed by atoms with Crippen molar-refractivity contribution in [2.45, 2.75) is 32.2 Å². The van der Waals surface area contributed by atoms with Crippen molar-refractivity contribution in [3.8, 4) is 5.75 Å². The number of hydrogen-bond donors (Lipinski definition) is 0. The fourth-order valence-electron chi connectivity index (χ4n) is 3.67. The molecule has 4 rings (SSSR count). The normalized spacial score (nSPS) is 11.7. The highest BCUT2D eigenvalue weighted by Gasteiger charge is 2.20. The van der Waals surface area contributed by atoms with Gasteiger partial charge in [0.05, 0.1) is 19.8 Å². The van der Waals surface area contributed by atoms with Crippen molar-refractivity contribution >= 4 is 46.4 Å². The van der Waals surface area contributed by atoms with Crippen molar-refractivity contribution in [3.63, 3.8) is 0 Å². The zero-order valence-corrected chi connectivity index (χ0v) is 24.2. The maximum absolute atomic E-state index is 13.0. The summed E-state index contributed by atoms with van der Waals surface area (Å²) < 4.78 is 29.1. The number of benzene rings is 3. The highest BCUT2D eigenvalue weighted by Crippen LogP contribution is 2.31. The van der Waals surface area contributed by atoms with Gasteiger partial charge < -0.3 is 26.5 Å². The Kier molecular flexibility index (Phi) is 11.6. The molecule has 1 atom stereocenters. The van der Waals surface area contributed by atoms with Crippen LogP contribution < -0.4 is 26.3 Å². The summed E-state index contributed by atoms with van der Waals surface area (Å²) in [4.78, 5) is 0. The van der Waals surface area contributed by atoms with Crippen LogP contribution in [0.25, 0.3) is 0 Å². The van der Waals surface area contributed by atoms with Gasteiger partial charge in [-0.05, 0) is 54.1 Å². The molecule has 1 aromatic heterocycles. The molecule has 37 heavy (non-hydrogen) atoms. The Morgan fingerprint density at radius 2 is 1.59 bits per heavy atom. The standard InChI is InChI=1S/C27H24Cl4FN2O2.BrH/c28-20-3-2-19(25(30)14-20)17-36-27(24-9-4-21(29)15-26(24)31)16-34-12-11-33(18-34)10-1-13-35-23-7-5-22(32)6-8-23;/h2-9,11-12,14-15,18,27H,1,10,13,16-17H2;1H/q+1;/p-1. The fourth-order valence-corrected chi connectivity index (χ4v) is 4.66. The van der Waals surface area contributed by atoms with Crippen LogP contribution in [0.5, 0.6) is 5.75 Å². The molecule has 4 aromatic rings. The Balaban J connectivity index is 0.00000380. The summed E-state index contributed by atoms with van der Waals surface area (Å²) in [7, 11) is 0. The lowest BCUT2D eigenvalue weighted by Crippen LogP contribution is -3.00. The van der Waals surface area contributed by atoms with E-state index in [1.807, 2.05) is 35.4 Å². The van der Waals surface area contributed by atoms with Crippen molar-refractivity contribution in [2.75, 3.05) is 6.61 Å². The van der Waals surface area contributed by atoms with Gasteiger partial charge in [0, 0.05) is 32.1 Å². The first-order valence-corrected chi connectivity index (χ1v) is 12.8. The topological polar surface area (TPSA) is 27.3 Å². The van der Waals surface area contributed by atoms with Gasteiger partial charge in [0.25, 0.3) is 0 Å². The SMILES string of the molecule is Fc1ccc(OCCC[n+]2ccn(CC(OCc3ccc(Cl)cc3Cl)c3ccc(Cl)cc3Cl)c2)cc1.[Br-]. The number of ether oxygens (including phenoxy) is 2. The molecule has 10 heteroatoms. The Bertz CT molecular complexity index is 1300. The van der Waals surface area contributed by atoms with Gasteiger partial charge in [0.1, 0.15) is 36.6 Å². The third kappa shape index (κ3) is 8.88. The minimum atomic E-state index is -0.343. The number of aromatic nitrogens is 2. The largest absolute Gasteiger partial charge is 1.00 e. The molecule has 0 aliphatic rings. The maximum Gasteiger partial charge on any atom is 0.243 e. The lowest BCUT2D eigenvalue weighted by atomic mass is 10.1. The minimum Gasteiger partial charge on any atom is -1.00 e. The Morgan fingerprint density at radius 1 is 0.892 bits per heavy atom. The molecule has 0 saturated carbocycles. The molecule has 0 saturated heterocycles. The maximum atomic E-state index is 13.0. The van der Waals surface area contributed by atoms with E-state index in [4.69, 9.17) is 55.9 Å². The van der Waals surface area contributed by atoms with E-state index in [2.05, 4.69) is 4.57 Å². The summed E-state index contributed by atoms with van der Waals surface area (Å²) in [5, 5.41) is 2.21. The van der Waals surface area contributed by atoms with Crippen LogP contribution in [0.4, 0.5) is 4.39 Å². The zero-order chi connectivity index (χ0) is 25.5. The van der Waals surface area contributed by atoms with Gasteiger partial charge in [-0.1, -0.05) is 58.5 Å². The summed E-state index contributed by atoms with van der Waals surface area (Å²) in [6, 6.07) is 16.7. The van der Waals surface area contributed by atoms with Crippen LogP contribution in [-0.2, 0) is 24.4 Å². The van der Waals surface area contributed by atoms with Gasteiger partial charge in [-0.15, -0.1) is 0 Å². The van der Waals surface area contributed by atoms with E-state index in [0.717, 1.165) is 24.1 Å². The molecule has 0 radical (unpaired) electrons. The number of aryl methyl sites for hydroxylation is 1. The van der Waals surface area contributed by atoms with E-state index in [1.165, 1.54) is 12.1 Å². The van der Waals surface area contributed by atoms with Gasteiger partial charge in [0.2, 0.25) is 6.33 Å². The van der Waals surface area contributed by atoms with Crippen LogP contribution >= 0.6 is 46.4 Å². The second kappa shape index (κ2) is 14.4. The van der Waals surface area contributed by atoms with Crippen LogP contribution in [0.15, 0.2) is 79.4 Å². The van der Waals surface area contributed by atoms with E-state index in [1.54, 1.807) is 36.4 Å². The lowest BCUT2D eigenvalue weighted by molar-refractivity contribution is -0.697. The molecule has 0 N–H and O–H groups in total. The third-order valence-electron chi connectivity index (χ3n) is 5.53. The molecule has 0 spiro atoms. The van der Waals surface area contributed by atoms with Gasteiger partial charge in [0.15, 0.2) is 0 Å². The third-order valence-corrected chi connectivity index (χ3v) is 6.68. The number of halogens is 6. The average molecular weight is 649 g/mol. The summed E-state index contributed by atoms with van der Waals surface area (Å²) in [6.07, 6.45) is 6.44. The van der Waals surface area contributed by atoms with Crippen molar-refractivity contribution in [1.29, 1.82) is 0 Å². The molecule has 1 heterocycles. The van der Waals surface area contributed by atoms with E-state index in [9.17, 15) is 4.39 Å². The molecule has 196 valence electrons. The molecule has 0 amide bonds. The van der Waals surface area contributed by atoms with E-state index in [0.29, 0.717) is 45.6 Å². The first-order chi connectivity index (χ1) is 17.4. The van der Waals surface area contributed by atoms with Crippen molar-refractivity contribution in [1.82, 2.24) is 4.57 Å². The second-order valence-electron chi connectivity index (χ2n) is 8.21. The minimum absolute atomic E-state index is 0. The van der Waals surface area contributed by atoms with Crippen LogP contribution in [0, 0.1) is 5.82 Å². The summed E-state index contributed by atoms with van der Waals surface area (Å²) in [5.41, 5.74) is 1.67. The summed E-state index contributed by atoms with van der Waals surface area (Å²) >= 11 is 25.0. The number of imidazole rings is 1. The predicted molar refractivity (Wildman–Crippen MR) is 142 cm³/mol. The highest BCUT2D eigenvalue weighted by atomic mass is 79.9. The second-order valence-corrected chi connectivity index (χ2v) is 9.89. The quantitative estimate of drug-likeness (QED) is 0.170. The van der Waals surface area contributed by atoms with Crippen molar-refractivity contribution in [3.05, 3.63) is 116 Å².